The van der Waals surface area contributed by atoms with Crippen LogP contribution in [0.2, 0.25) is 0 Å². The summed E-state index contributed by atoms with van der Waals surface area (Å²) in [6.45, 7) is 0. The Balaban J connectivity index is 1.76. The number of carbonyl (C=O) groups is 1. The zero-order chi connectivity index (χ0) is 14.9. The molecule has 0 atom stereocenters. The van der Waals surface area contributed by atoms with Crippen molar-refractivity contribution in [3.8, 4) is 11.5 Å². The number of imidazole rings is 1. The minimum Gasteiger partial charge on any atom is -0.337 e. The van der Waals surface area contributed by atoms with E-state index in [1.165, 1.54) is 11.3 Å². The number of ketones is 1. The van der Waals surface area contributed by atoms with E-state index in [0.29, 0.717) is 11.1 Å². The van der Waals surface area contributed by atoms with Crippen molar-refractivity contribution in [3.63, 3.8) is 0 Å². The quantitative estimate of drug-likeness (QED) is 0.584. The average molecular weight is 305 g/mol. The van der Waals surface area contributed by atoms with Gasteiger partial charge in [0.2, 0.25) is 0 Å². The van der Waals surface area contributed by atoms with Crippen molar-refractivity contribution < 1.29 is 4.79 Å². The normalized spacial score (nSPS) is 10.9. The van der Waals surface area contributed by atoms with Crippen LogP contribution in [0.3, 0.4) is 0 Å². The number of aromatic amines is 1. The first-order valence-electron chi connectivity index (χ1n) is 6.79. The van der Waals surface area contributed by atoms with Gasteiger partial charge in [0, 0.05) is 16.5 Å². The van der Waals surface area contributed by atoms with Gasteiger partial charge in [0.25, 0.3) is 0 Å². The average Bonchev–Trinajstić information content (AvgIpc) is 3.23. The third-order valence-electron chi connectivity index (χ3n) is 3.45. The van der Waals surface area contributed by atoms with Gasteiger partial charge in [0.05, 0.1) is 16.5 Å². The zero-order valence-corrected chi connectivity index (χ0v) is 12.3. The van der Waals surface area contributed by atoms with Crippen molar-refractivity contribution in [1.82, 2.24) is 15.0 Å². The number of thiazole rings is 1. The highest BCUT2D eigenvalue weighted by Crippen LogP contribution is 2.22. The van der Waals surface area contributed by atoms with Crippen LogP contribution >= 0.6 is 11.3 Å². The Morgan fingerprint density at radius 1 is 1.05 bits per heavy atom. The van der Waals surface area contributed by atoms with Crippen molar-refractivity contribution in [3.05, 3.63) is 70.5 Å². The number of fused-ring (bicyclic) bond motifs is 1. The summed E-state index contributed by atoms with van der Waals surface area (Å²) in [6.07, 6.45) is 0. The topological polar surface area (TPSA) is 58.6 Å². The molecule has 0 saturated heterocycles. The maximum absolute atomic E-state index is 12.5. The Morgan fingerprint density at radius 3 is 2.68 bits per heavy atom. The largest absolute Gasteiger partial charge is 0.337 e. The molecular weight excluding hydrogens is 294 g/mol. The predicted molar refractivity (Wildman–Crippen MR) is 87.1 cm³/mol. The molecule has 22 heavy (non-hydrogen) atoms. The monoisotopic (exact) mass is 305 g/mol. The van der Waals surface area contributed by atoms with E-state index in [2.05, 4.69) is 15.0 Å². The lowest BCUT2D eigenvalue weighted by Gasteiger charge is -2.00. The number of benzene rings is 2. The third-order valence-corrected chi connectivity index (χ3v) is 4.04. The molecule has 0 aliphatic heterocycles. The van der Waals surface area contributed by atoms with Gasteiger partial charge >= 0.3 is 0 Å². The SMILES string of the molecule is O=C(c1ccccc1)c1ccc2nc(-c3cscn3)[nH]c2c1. The number of nitrogens with zero attached hydrogens (tertiary/aromatic N) is 2. The molecule has 0 saturated carbocycles. The van der Waals surface area contributed by atoms with E-state index in [9.17, 15) is 4.79 Å². The Kier molecular flexibility index (Phi) is 3.05. The summed E-state index contributed by atoms with van der Waals surface area (Å²) >= 11 is 1.52. The van der Waals surface area contributed by atoms with E-state index in [0.717, 1.165) is 22.6 Å². The maximum atomic E-state index is 12.5. The van der Waals surface area contributed by atoms with Gasteiger partial charge in [0.15, 0.2) is 11.6 Å². The Bertz CT molecular complexity index is 943. The molecule has 2 aromatic heterocycles. The number of hydrogen-bond acceptors (Lipinski definition) is 4. The van der Waals surface area contributed by atoms with E-state index >= 15 is 0 Å². The van der Waals surface area contributed by atoms with Crippen LogP contribution in [0.1, 0.15) is 15.9 Å². The molecule has 1 N–H and O–H groups in total. The minimum absolute atomic E-state index is 0.00677. The standard InChI is InChI=1S/C17H11N3OS/c21-16(11-4-2-1-3-5-11)12-6-7-13-14(8-12)20-17(19-13)15-9-22-10-18-15/h1-10H,(H,19,20). The maximum Gasteiger partial charge on any atom is 0.193 e. The van der Waals surface area contributed by atoms with Crippen molar-refractivity contribution in [2.24, 2.45) is 0 Å². The second kappa shape index (κ2) is 5.20. The molecule has 0 amide bonds. The first-order valence-corrected chi connectivity index (χ1v) is 7.73. The fourth-order valence-electron chi connectivity index (χ4n) is 2.36. The first-order chi connectivity index (χ1) is 10.8. The molecule has 0 fully saturated rings. The highest BCUT2D eigenvalue weighted by molar-refractivity contribution is 7.07. The van der Waals surface area contributed by atoms with Gasteiger partial charge in [-0.15, -0.1) is 11.3 Å². The van der Waals surface area contributed by atoms with Crippen LogP contribution in [0, 0.1) is 0 Å². The van der Waals surface area contributed by atoms with Crippen molar-refractivity contribution in [2.45, 2.75) is 0 Å². The molecule has 106 valence electrons. The molecule has 0 bridgehead atoms. The van der Waals surface area contributed by atoms with Crippen molar-refractivity contribution in [2.75, 3.05) is 0 Å². The summed E-state index contributed by atoms with van der Waals surface area (Å²) in [7, 11) is 0. The number of rotatable bonds is 3. The smallest absolute Gasteiger partial charge is 0.193 e. The number of aromatic nitrogens is 3. The van der Waals surface area contributed by atoms with Crippen LogP contribution in [0.5, 0.6) is 0 Å². The Hall–Kier alpha value is -2.79. The van der Waals surface area contributed by atoms with E-state index in [1.54, 1.807) is 5.51 Å². The van der Waals surface area contributed by atoms with Crippen LogP contribution in [0.15, 0.2) is 59.4 Å². The van der Waals surface area contributed by atoms with Gasteiger partial charge in [-0.3, -0.25) is 4.79 Å². The van der Waals surface area contributed by atoms with Crippen LogP contribution in [-0.4, -0.2) is 20.7 Å². The third kappa shape index (κ3) is 2.21. The summed E-state index contributed by atoms with van der Waals surface area (Å²) in [4.78, 5) is 24.5. The fourth-order valence-corrected chi connectivity index (χ4v) is 2.89. The highest BCUT2D eigenvalue weighted by Gasteiger charge is 2.12. The van der Waals surface area contributed by atoms with Crippen molar-refractivity contribution >= 4 is 28.2 Å². The van der Waals surface area contributed by atoms with Crippen LogP contribution in [0.4, 0.5) is 0 Å². The molecule has 4 aromatic rings. The summed E-state index contributed by atoms with van der Waals surface area (Å²) in [5.74, 6) is 0.730. The lowest BCUT2D eigenvalue weighted by atomic mass is 10.0. The minimum atomic E-state index is 0.00677. The summed E-state index contributed by atoms with van der Waals surface area (Å²) in [6, 6.07) is 14.8. The van der Waals surface area contributed by atoms with Gasteiger partial charge in [-0.05, 0) is 18.2 Å². The van der Waals surface area contributed by atoms with E-state index < -0.39 is 0 Å². The molecule has 2 heterocycles. The first kappa shape index (κ1) is 12.9. The molecule has 0 unspecified atom stereocenters. The number of carbonyl (C=O) groups excluding carboxylic acids is 1. The molecule has 4 rings (SSSR count). The van der Waals surface area contributed by atoms with E-state index in [-0.39, 0.29) is 5.78 Å². The lowest BCUT2D eigenvalue weighted by molar-refractivity contribution is 0.103. The Morgan fingerprint density at radius 2 is 1.91 bits per heavy atom. The van der Waals surface area contributed by atoms with E-state index in [4.69, 9.17) is 0 Å². The van der Waals surface area contributed by atoms with Crippen LogP contribution in [-0.2, 0) is 0 Å². The van der Waals surface area contributed by atoms with Gasteiger partial charge in [-0.25, -0.2) is 9.97 Å². The lowest BCUT2D eigenvalue weighted by Crippen LogP contribution is -2.00. The summed E-state index contributed by atoms with van der Waals surface area (Å²) in [5.41, 5.74) is 5.58. The predicted octanol–water partition coefficient (Wildman–Crippen LogP) is 3.92. The second-order valence-corrected chi connectivity index (χ2v) is 5.60. The van der Waals surface area contributed by atoms with Gasteiger partial charge in [0.1, 0.15) is 5.69 Å². The summed E-state index contributed by atoms with van der Waals surface area (Å²) < 4.78 is 0. The van der Waals surface area contributed by atoms with Gasteiger partial charge in [-0.2, -0.15) is 0 Å². The molecule has 0 spiro atoms. The zero-order valence-electron chi connectivity index (χ0n) is 11.5. The fraction of sp³-hybridized carbons (Fsp3) is 0. The molecular formula is C17H11N3OS. The highest BCUT2D eigenvalue weighted by atomic mass is 32.1. The summed E-state index contributed by atoms with van der Waals surface area (Å²) in [5, 5.41) is 1.94. The molecule has 5 heteroatoms. The number of nitrogens with one attached hydrogen (secondary N) is 1. The number of H-pyrrole nitrogens is 1. The van der Waals surface area contributed by atoms with Gasteiger partial charge < -0.3 is 4.98 Å². The van der Waals surface area contributed by atoms with Gasteiger partial charge in [-0.1, -0.05) is 30.3 Å². The van der Waals surface area contributed by atoms with E-state index in [1.807, 2.05) is 53.9 Å². The number of hydrogen-bond donors (Lipinski definition) is 1. The molecule has 0 aliphatic carbocycles. The molecule has 2 aromatic carbocycles. The van der Waals surface area contributed by atoms with Crippen molar-refractivity contribution in [1.29, 1.82) is 0 Å². The Labute approximate surface area is 130 Å². The molecule has 0 aliphatic rings. The second-order valence-electron chi connectivity index (χ2n) is 4.89. The van der Waals surface area contributed by atoms with Crippen LogP contribution in [0.25, 0.3) is 22.6 Å². The molecule has 4 nitrogen and oxygen atoms in total. The molecule has 0 radical (unpaired) electrons. The van der Waals surface area contributed by atoms with Crippen LogP contribution < -0.4 is 0 Å².